The maximum absolute atomic E-state index is 14.0. The molecule has 0 aliphatic carbocycles. The van der Waals surface area contributed by atoms with Gasteiger partial charge in [0.2, 0.25) is 11.8 Å². The summed E-state index contributed by atoms with van der Waals surface area (Å²) in [6.45, 7) is 9.08. The molecule has 2 amide bonds. The van der Waals surface area contributed by atoms with Crippen LogP contribution < -0.4 is 15.8 Å². The Bertz CT molecular complexity index is 1210. The molecule has 1 aliphatic rings. The zero-order valence-corrected chi connectivity index (χ0v) is 23.5. The number of nitrogens with two attached hydrogens (primary N) is 1. The lowest BCUT2D eigenvalue weighted by Gasteiger charge is -2.30. The van der Waals surface area contributed by atoms with E-state index < -0.39 is 29.1 Å². The zero-order valence-electron chi connectivity index (χ0n) is 22.7. The Morgan fingerprint density at radius 2 is 1.84 bits per heavy atom. The number of likely N-dealkylation sites (N-methyl/N-ethyl adjacent to an activating group) is 1. The van der Waals surface area contributed by atoms with E-state index in [1.54, 1.807) is 7.05 Å². The average molecular weight is 547 g/mol. The molecule has 206 valence electrons. The van der Waals surface area contributed by atoms with Gasteiger partial charge in [-0.2, -0.15) is 0 Å². The fraction of sp³-hybridized carbons (Fsp3) is 0.429. The van der Waals surface area contributed by atoms with E-state index in [1.807, 2.05) is 32.9 Å². The van der Waals surface area contributed by atoms with Crippen molar-refractivity contribution in [1.82, 2.24) is 14.9 Å². The van der Waals surface area contributed by atoms with Crippen molar-refractivity contribution in [3.63, 3.8) is 0 Å². The molecular weight excluding hydrogens is 510 g/mol. The maximum atomic E-state index is 14.0. The van der Waals surface area contributed by atoms with E-state index in [0.717, 1.165) is 33.7 Å². The summed E-state index contributed by atoms with van der Waals surface area (Å²) in [6, 6.07) is 10.3. The number of carbonyl (C=O) groups excluding carboxylic acids is 2. The van der Waals surface area contributed by atoms with Crippen LogP contribution in [-0.2, 0) is 20.9 Å². The molecule has 0 bridgehead atoms. The number of halogens is 2. The van der Waals surface area contributed by atoms with Crippen LogP contribution in [-0.4, -0.2) is 54.0 Å². The summed E-state index contributed by atoms with van der Waals surface area (Å²) in [5.74, 6) is -2.36. The van der Waals surface area contributed by atoms with Gasteiger partial charge in [-0.25, -0.2) is 8.78 Å². The second-order valence-corrected chi connectivity index (χ2v) is 11.5. The highest BCUT2D eigenvalue weighted by Crippen LogP contribution is 2.42. The molecule has 0 fully saturated rings. The van der Waals surface area contributed by atoms with Crippen LogP contribution in [0.5, 0.6) is 0 Å². The van der Waals surface area contributed by atoms with E-state index in [1.165, 1.54) is 36.8 Å². The normalized spacial score (nSPS) is 15.9. The molecule has 2 aromatic carbocycles. The van der Waals surface area contributed by atoms with Gasteiger partial charge in [0.05, 0.1) is 18.8 Å². The van der Waals surface area contributed by atoms with Gasteiger partial charge < -0.3 is 20.7 Å². The van der Waals surface area contributed by atoms with E-state index in [9.17, 15) is 18.4 Å². The van der Waals surface area contributed by atoms with Crippen molar-refractivity contribution in [2.24, 2.45) is 5.73 Å². The van der Waals surface area contributed by atoms with Crippen molar-refractivity contribution in [3.8, 4) is 0 Å². The Labute approximate surface area is 227 Å². The topological polar surface area (TPSA) is 96.7 Å². The quantitative estimate of drug-likeness (QED) is 0.391. The first kappa shape index (κ1) is 29.8. The van der Waals surface area contributed by atoms with E-state index in [0.29, 0.717) is 6.54 Å². The summed E-state index contributed by atoms with van der Waals surface area (Å²) in [7, 11) is 1.66. The van der Waals surface area contributed by atoms with Crippen LogP contribution in [0.25, 0.3) is 4.91 Å². The first-order valence-electron chi connectivity index (χ1n) is 12.3. The lowest BCUT2D eigenvalue weighted by molar-refractivity contribution is -0.138. The highest BCUT2D eigenvalue weighted by Gasteiger charge is 2.36. The van der Waals surface area contributed by atoms with Gasteiger partial charge in [0.25, 0.3) is 0 Å². The molecule has 1 unspecified atom stereocenters. The zero-order chi connectivity index (χ0) is 28.3. The number of benzene rings is 2. The Morgan fingerprint density at radius 3 is 2.45 bits per heavy atom. The third-order valence-corrected chi connectivity index (χ3v) is 7.57. The molecule has 0 spiro atoms. The number of hydrogen-bond acceptors (Lipinski definition) is 6. The molecule has 4 N–H and O–H groups in total. The van der Waals surface area contributed by atoms with E-state index >= 15 is 0 Å². The van der Waals surface area contributed by atoms with Crippen LogP contribution in [0.3, 0.4) is 0 Å². The molecule has 2 aromatic rings. The number of hydrogen-bond donors (Lipinski definition) is 3. The predicted octanol–water partition coefficient (Wildman–Crippen LogP) is 3.91. The molecule has 0 saturated carbocycles. The van der Waals surface area contributed by atoms with Gasteiger partial charge in [-0.3, -0.25) is 14.3 Å². The number of aryl methyl sites for hydroxylation is 1. The summed E-state index contributed by atoms with van der Waals surface area (Å²) >= 11 is 1.52. The Balaban J connectivity index is 1.80. The highest BCUT2D eigenvalue weighted by molar-refractivity contribution is 8.07. The van der Waals surface area contributed by atoms with Crippen LogP contribution in [0, 0.1) is 18.6 Å². The minimum absolute atomic E-state index is 0.139. The highest BCUT2D eigenvalue weighted by atomic mass is 32.2. The van der Waals surface area contributed by atoms with Crippen LogP contribution in [0.1, 0.15) is 44.4 Å². The Morgan fingerprint density at radius 1 is 1.18 bits per heavy atom. The molecule has 3 rings (SSSR count). The van der Waals surface area contributed by atoms with E-state index in [4.69, 9.17) is 10.5 Å². The van der Waals surface area contributed by atoms with Crippen molar-refractivity contribution in [2.45, 2.75) is 58.3 Å². The summed E-state index contributed by atoms with van der Waals surface area (Å²) in [4.78, 5) is 28.8. The van der Waals surface area contributed by atoms with Crippen LogP contribution in [0.2, 0.25) is 0 Å². The van der Waals surface area contributed by atoms with Crippen molar-refractivity contribution >= 4 is 28.7 Å². The van der Waals surface area contributed by atoms with Gasteiger partial charge in [-0.1, -0.05) is 35.9 Å². The smallest absolute Gasteiger partial charge is 0.247 e. The summed E-state index contributed by atoms with van der Waals surface area (Å²) in [5, 5.41) is 2.67. The largest absolute Gasteiger partial charge is 0.374 e. The van der Waals surface area contributed by atoms with Crippen molar-refractivity contribution in [1.29, 1.82) is 0 Å². The van der Waals surface area contributed by atoms with Gasteiger partial charge in [0, 0.05) is 35.7 Å². The number of nitrogens with one attached hydrogen (secondary N) is 2. The number of carbonyl (C=O) groups is 2. The minimum atomic E-state index is -1.23. The summed E-state index contributed by atoms with van der Waals surface area (Å²) in [5.41, 5.74) is 7.70. The first-order valence-corrected chi connectivity index (χ1v) is 13.1. The number of amides is 2. The molecular formula is C28H36F2N4O3S. The third-order valence-electron chi connectivity index (χ3n) is 6.27. The molecule has 38 heavy (non-hydrogen) atoms. The lowest BCUT2D eigenvalue weighted by Crippen LogP contribution is -2.57. The maximum Gasteiger partial charge on any atom is 0.247 e. The van der Waals surface area contributed by atoms with Gasteiger partial charge >= 0.3 is 0 Å². The standard InChI is InChI=1S/C28H36F2N4O3S/c1-17-7-9-18(10-8-17)24-21(28(4,5)33-38-24)14-34(6)25(35)23(32-26(36)27(2,3)31)16-37-15-19-11-12-20(29)13-22(19)30/h7-13,23,33H,14-16,31H2,1-6H3,(H,32,36). The van der Waals surface area contributed by atoms with Crippen LogP contribution >= 0.6 is 11.9 Å². The van der Waals surface area contributed by atoms with Crippen molar-refractivity contribution in [2.75, 3.05) is 20.2 Å². The molecule has 1 aliphatic heterocycles. The van der Waals surface area contributed by atoms with Gasteiger partial charge in [-0.15, -0.1) is 0 Å². The summed E-state index contributed by atoms with van der Waals surface area (Å²) in [6.07, 6.45) is 0. The number of rotatable bonds is 10. The van der Waals surface area contributed by atoms with Crippen LogP contribution in [0.4, 0.5) is 8.78 Å². The van der Waals surface area contributed by atoms with Gasteiger partial charge in [0.1, 0.15) is 17.7 Å². The van der Waals surface area contributed by atoms with E-state index in [2.05, 4.69) is 22.2 Å². The second-order valence-electron chi connectivity index (χ2n) is 10.7. The van der Waals surface area contributed by atoms with Crippen LogP contribution in [0.15, 0.2) is 48.0 Å². The molecule has 0 aromatic heterocycles. The monoisotopic (exact) mass is 546 g/mol. The second kappa shape index (κ2) is 11.9. The fourth-order valence-electron chi connectivity index (χ4n) is 3.82. The first-order chi connectivity index (χ1) is 17.7. The molecule has 10 heteroatoms. The third kappa shape index (κ3) is 7.41. The molecule has 0 radical (unpaired) electrons. The van der Waals surface area contributed by atoms with Gasteiger partial charge in [0.15, 0.2) is 0 Å². The van der Waals surface area contributed by atoms with Crippen molar-refractivity contribution < 1.29 is 23.1 Å². The molecule has 0 saturated heterocycles. The fourth-order valence-corrected chi connectivity index (χ4v) is 5.00. The SMILES string of the molecule is Cc1ccc(C2=C(CN(C)C(=O)C(COCc3ccc(F)cc3F)NC(=O)C(C)(C)N)C(C)(C)NS2)cc1. The molecule has 1 heterocycles. The minimum Gasteiger partial charge on any atom is -0.374 e. The van der Waals surface area contributed by atoms with Crippen molar-refractivity contribution in [3.05, 3.63) is 76.4 Å². The Kier molecular flexibility index (Phi) is 9.35. The van der Waals surface area contributed by atoms with Gasteiger partial charge in [-0.05, 0) is 63.8 Å². The lowest BCUT2D eigenvalue weighted by atomic mass is 9.92. The van der Waals surface area contributed by atoms with E-state index in [-0.39, 0.29) is 30.2 Å². The number of nitrogens with zero attached hydrogens (tertiary/aromatic N) is 1. The Hall–Kier alpha value is -2.79. The average Bonchev–Trinajstić information content (AvgIpc) is 3.12. The number of ether oxygens (including phenoxy) is 1. The molecule has 1 atom stereocenters. The molecule has 7 nitrogen and oxygen atoms in total. The predicted molar refractivity (Wildman–Crippen MR) is 147 cm³/mol. The summed E-state index contributed by atoms with van der Waals surface area (Å²) < 4.78 is 36.3.